The van der Waals surface area contributed by atoms with Crippen LogP contribution in [0.2, 0.25) is 0 Å². The largest absolute Gasteiger partial charge is 0.419 e. The molecule has 0 radical (unpaired) electrons. The van der Waals surface area contributed by atoms with Gasteiger partial charge in [0, 0.05) is 17.8 Å². The predicted molar refractivity (Wildman–Crippen MR) is 110 cm³/mol. The van der Waals surface area contributed by atoms with Gasteiger partial charge in [-0.3, -0.25) is 9.36 Å². The molecule has 0 aliphatic heterocycles. The first-order chi connectivity index (χ1) is 13.7. The van der Waals surface area contributed by atoms with Gasteiger partial charge in [0.2, 0.25) is 5.91 Å². The zero-order valence-electron chi connectivity index (χ0n) is 15.2. The van der Waals surface area contributed by atoms with Crippen molar-refractivity contribution < 1.29 is 9.21 Å². The van der Waals surface area contributed by atoms with Crippen molar-refractivity contribution >= 4 is 28.3 Å². The van der Waals surface area contributed by atoms with Crippen LogP contribution >= 0.6 is 11.3 Å². The van der Waals surface area contributed by atoms with E-state index in [4.69, 9.17) is 4.42 Å². The Morgan fingerprint density at radius 2 is 1.82 bits per heavy atom. The molecule has 0 aliphatic carbocycles. The Balaban J connectivity index is 1.42. The van der Waals surface area contributed by atoms with Crippen LogP contribution in [0.1, 0.15) is 29.3 Å². The van der Waals surface area contributed by atoms with Gasteiger partial charge in [0.05, 0.1) is 11.6 Å². The molecule has 5 nitrogen and oxygen atoms in total. The number of benzene rings is 2. The minimum atomic E-state index is -0.387. The summed E-state index contributed by atoms with van der Waals surface area (Å²) in [5.41, 5.74) is 2.38. The zero-order valence-corrected chi connectivity index (χ0v) is 16.0. The lowest BCUT2D eigenvalue weighted by molar-refractivity contribution is -0.121. The summed E-state index contributed by atoms with van der Waals surface area (Å²) >= 11 is 1.62. The average molecular weight is 392 g/mol. The topological polar surface area (TPSA) is 64.2 Å². The van der Waals surface area contributed by atoms with E-state index in [1.165, 1.54) is 0 Å². The maximum atomic E-state index is 12.6. The average Bonchev–Trinajstić information content (AvgIpc) is 3.35. The first-order valence-corrected chi connectivity index (χ1v) is 10.1. The van der Waals surface area contributed by atoms with Crippen LogP contribution in [0.15, 0.2) is 81.3 Å². The van der Waals surface area contributed by atoms with Crippen LogP contribution in [0.3, 0.4) is 0 Å². The van der Waals surface area contributed by atoms with Crippen molar-refractivity contribution in [2.75, 3.05) is 0 Å². The first kappa shape index (κ1) is 18.3. The van der Waals surface area contributed by atoms with E-state index in [1.807, 2.05) is 66.0 Å². The van der Waals surface area contributed by atoms with E-state index in [0.29, 0.717) is 25.0 Å². The van der Waals surface area contributed by atoms with Crippen LogP contribution in [0.25, 0.3) is 11.1 Å². The molecule has 1 atom stereocenters. The van der Waals surface area contributed by atoms with E-state index in [1.54, 1.807) is 22.0 Å². The molecule has 1 N–H and O–H groups in total. The van der Waals surface area contributed by atoms with E-state index in [9.17, 15) is 9.59 Å². The number of thiophene rings is 1. The summed E-state index contributed by atoms with van der Waals surface area (Å²) in [5, 5.41) is 5.14. The number of amides is 1. The number of carbonyl (C=O) groups is 1. The number of fused-ring (bicyclic) bond motifs is 1. The van der Waals surface area contributed by atoms with E-state index in [0.717, 1.165) is 16.0 Å². The maximum Gasteiger partial charge on any atom is 0.419 e. The molecule has 2 aromatic heterocycles. The van der Waals surface area contributed by atoms with Crippen LogP contribution in [-0.4, -0.2) is 10.5 Å². The third kappa shape index (κ3) is 3.92. The van der Waals surface area contributed by atoms with E-state index in [-0.39, 0.29) is 17.7 Å². The SMILES string of the molecule is O=C(CCCn1c(=O)oc2ccccc21)NC(c1ccccc1)c1cccs1. The van der Waals surface area contributed by atoms with Crippen molar-refractivity contribution in [2.45, 2.75) is 25.4 Å². The third-order valence-corrected chi connectivity index (χ3v) is 5.56. The Bertz CT molecular complexity index is 1110. The molecule has 0 aliphatic rings. The molecular weight excluding hydrogens is 372 g/mol. The summed E-state index contributed by atoms with van der Waals surface area (Å²) in [5.74, 6) is -0.426. The highest BCUT2D eigenvalue weighted by atomic mass is 32.1. The number of nitrogens with zero attached hydrogens (tertiary/aromatic N) is 1. The quantitative estimate of drug-likeness (QED) is 0.509. The maximum absolute atomic E-state index is 12.6. The summed E-state index contributed by atoms with van der Waals surface area (Å²) in [4.78, 5) is 25.7. The van der Waals surface area contributed by atoms with Gasteiger partial charge >= 0.3 is 5.76 Å². The third-order valence-electron chi connectivity index (χ3n) is 4.63. The second-order valence-corrected chi connectivity index (χ2v) is 7.50. The summed E-state index contributed by atoms with van der Waals surface area (Å²) < 4.78 is 6.82. The number of rotatable bonds is 7. The molecule has 0 fully saturated rings. The van der Waals surface area contributed by atoms with Crippen LogP contribution in [0.4, 0.5) is 0 Å². The van der Waals surface area contributed by atoms with Gasteiger partial charge in [-0.05, 0) is 35.6 Å². The highest BCUT2D eigenvalue weighted by Crippen LogP contribution is 2.26. The zero-order chi connectivity index (χ0) is 19.3. The van der Waals surface area contributed by atoms with Crippen molar-refractivity contribution in [3.8, 4) is 0 Å². The summed E-state index contributed by atoms with van der Waals surface area (Å²) in [6.07, 6.45) is 0.891. The second-order valence-electron chi connectivity index (χ2n) is 6.52. The highest BCUT2D eigenvalue weighted by Gasteiger charge is 2.17. The highest BCUT2D eigenvalue weighted by molar-refractivity contribution is 7.10. The van der Waals surface area contributed by atoms with Crippen molar-refractivity contribution in [1.82, 2.24) is 9.88 Å². The van der Waals surface area contributed by atoms with Crippen molar-refractivity contribution in [2.24, 2.45) is 0 Å². The van der Waals surface area contributed by atoms with Gasteiger partial charge in [-0.15, -0.1) is 11.3 Å². The van der Waals surface area contributed by atoms with Gasteiger partial charge in [0.15, 0.2) is 5.58 Å². The first-order valence-electron chi connectivity index (χ1n) is 9.18. The molecular formula is C22H20N2O3S. The van der Waals surface area contributed by atoms with E-state index in [2.05, 4.69) is 5.32 Å². The van der Waals surface area contributed by atoms with Gasteiger partial charge in [-0.2, -0.15) is 0 Å². The Labute approximate surface area is 166 Å². The molecule has 142 valence electrons. The number of aryl methyl sites for hydroxylation is 1. The van der Waals surface area contributed by atoms with Crippen LogP contribution in [-0.2, 0) is 11.3 Å². The molecule has 4 aromatic rings. The molecule has 0 bridgehead atoms. The molecule has 1 amide bonds. The minimum Gasteiger partial charge on any atom is -0.408 e. The standard InChI is InChI=1S/C22H20N2O3S/c25-20(13-6-14-24-17-10-4-5-11-18(17)27-22(24)26)23-21(19-12-7-15-28-19)16-8-2-1-3-9-16/h1-5,7-12,15,21H,6,13-14H2,(H,23,25). The lowest BCUT2D eigenvalue weighted by atomic mass is 10.1. The van der Waals surface area contributed by atoms with E-state index < -0.39 is 0 Å². The van der Waals surface area contributed by atoms with Crippen molar-refractivity contribution in [3.05, 3.63) is 93.1 Å². The van der Waals surface area contributed by atoms with Crippen LogP contribution in [0.5, 0.6) is 0 Å². The van der Waals surface area contributed by atoms with Gasteiger partial charge in [-0.25, -0.2) is 4.79 Å². The lowest BCUT2D eigenvalue weighted by Crippen LogP contribution is -2.29. The molecule has 28 heavy (non-hydrogen) atoms. The van der Waals surface area contributed by atoms with Crippen molar-refractivity contribution in [1.29, 1.82) is 0 Å². The number of nitrogens with one attached hydrogen (secondary N) is 1. The number of hydrogen-bond acceptors (Lipinski definition) is 4. The number of oxazole rings is 1. The van der Waals surface area contributed by atoms with E-state index >= 15 is 0 Å². The van der Waals surface area contributed by atoms with Crippen LogP contribution < -0.4 is 11.1 Å². The number of para-hydroxylation sites is 2. The summed E-state index contributed by atoms with van der Waals surface area (Å²) in [6, 6.07) is 21.1. The van der Waals surface area contributed by atoms with Crippen LogP contribution in [0, 0.1) is 0 Å². The molecule has 6 heteroatoms. The minimum absolute atomic E-state index is 0.0388. The predicted octanol–water partition coefficient (Wildman–Crippen LogP) is 4.34. The Morgan fingerprint density at radius 1 is 1.04 bits per heavy atom. The molecule has 2 aromatic carbocycles. The van der Waals surface area contributed by atoms with Gasteiger partial charge in [-0.1, -0.05) is 48.5 Å². The monoisotopic (exact) mass is 392 g/mol. The van der Waals surface area contributed by atoms with Crippen molar-refractivity contribution in [3.63, 3.8) is 0 Å². The molecule has 0 saturated carbocycles. The number of carbonyl (C=O) groups excluding carboxylic acids is 1. The van der Waals surface area contributed by atoms with Gasteiger partial charge in [0.25, 0.3) is 0 Å². The lowest BCUT2D eigenvalue weighted by Gasteiger charge is -2.18. The smallest absolute Gasteiger partial charge is 0.408 e. The molecule has 0 saturated heterocycles. The van der Waals surface area contributed by atoms with Gasteiger partial charge < -0.3 is 9.73 Å². The molecule has 2 heterocycles. The number of aromatic nitrogens is 1. The Morgan fingerprint density at radius 3 is 2.61 bits per heavy atom. The fourth-order valence-electron chi connectivity index (χ4n) is 3.28. The fourth-order valence-corrected chi connectivity index (χ4v) is 4.08. The Hall–Kier alpha value is -3.12. The summed E-state index contributed by atoms with van der Waals surface area (Å²) in [6.45, 7) is 0.443. The fraction of sp³-hybridized carbons (Fsp3) is 0.182. The second kappa shape index (κ2) is 8.27. The number of hydrogen-bond donors (Lipinski definition) is 1. The molecule has 4 rings (SSSR count). The normalized spacial score (nSPS) is 12.1. The molecule has 1 unspecified atom stereocenters. The Kier molecular flexibility index (Phi) is 5.39. The molecule has 0 spiro atoms. The summed E-state index contributed by atoms with van der Waals surface area (Å²) in [7, 11) is 0. The van der Waals surface area contributed by atoms with Gasteiger partial charge in [0.1, 0.15) is 0 Å².